The summed E-state index contributed by atoms with van der Waals surface area (Å²) in [6.45, 7) is 5.42. The summed E-state index contributed by atoms with van der Waals surface area (Å²) in [4.78, 5) is 23.1. The fraction of sp³-hybridized carbons (Fsp3) is 0.353. The predicted molar refractivity (Wildman–Crippen MR) is 91.7 cm³/mol. The first-order chi connectivity index (χ1) is 11.2. The van der Waals surface area contributed by atoms with E-state index in [4.69, 9.17) is 16.7 Å². The SMILES string of the molecule is Cc1cc(C(=O)NC(C)(C)CCC(=O)O)nn1-c1cccc(Cl)c1. The van der Waals surface area contributed by atoms with Crippen LogP contribution >= 0.6 is 11.6 Å². The van der Waals surface area contributed by atoms with Gasteiger partial charge >= 0.3 is 5.97 Å². The molecule has 0 radical (unpaired) electrons. The van der Waals surface area contributed by atoms with Gasteiger partial charge in [-0.2, -0.15) is 5.10 Å². The van der Waals surface area contributed by atoms with E-state index in [-0.39, 0.29) is 18.0 Å². The van der Waals surface area contributed by atoms with Crippen LogP contribution in [0.1, 0.15) is 42.9 Å². The number of aromatic nitrogens is 2. The molecule has 0 spiro atoms. The normalized spacial score (nSPS) is 11.3. The van der Waals surface area contributed by atoms with E-state index in [9.17, 15) is 9.59 Å². The molecule has 24 heavy (non-hydrogen) atoms. The average molecular weight is 350 g/mol. The molecular formula is C17H20ClN3O3. The molecule has 1 amide bonds. The van der Waals surface area contributed by atoms with Gasteiger partial charge in [0.05, 0.1) is 5.69 Å². The van der Waals surface area contributed by atoms with Crippen molar-refractivity contribution in [3.63, 3.8) is 0 Å². The zero-order valence-corrected chi connectivity index (χ0v) is 14.6. The number of nitrogens with one attached hydrogen (secondary N) is 1. The number of nitrogens with zero attached hydrogens (tertiary/aromatic N) is 2. The highest BCUT2D eigenvalue weighted by Gasteiger charge is 2.24. The highest BCUT2D eigenvalue weighted by Crippen LogP contribution is 2.18. The third kappa shape index (κ3) is 4.58. The minimum atomic E-state index is -0.890. The van der Waals surface area contributed by atoms with E-state index >= 15 is 0 Å². The molecule has 1 aromatic heterocycles. The number of carboxylic acid groups (broad SMARTS) is 1. The van der Waals surface area contributed by atoms with E-state index in [1.807, 2.05) is 19.1 Å². The summed E-state index contributed by atoms with van der Waals surface area (Å²) >= 11 is 6.00. The average Bonchev–Trinajstić information content (AvgIpc) is 2.87. The van der Waals surface area contributed by atoms with Crippen LogP contribution in [0.25, 0.3) is 5.69 Å². The van der Waals surface area contributed by atoms with Gasteiger partial charge in [0.25, 0.3) is 5.91 Å². The molecule has 0 unspecified atom stereocenters. The molecule has 128 valence electrons. The van der Waals surface area contributed by atoms with E-state index in [2.05, 4.69) is 10.4 Å². The highest BCUT2D eigenvalue weighted by molar-refractivity contribution is 6.30. The predicted octanol–water partition coefficient (Wildman–Crippen LogP) is 3.21. The zero-order chi connectivity index (χ0) is 17.9. The molecule has 0 aliphatic heterocycles. The molecule has 6 nitrogen and oxygen atoms in total. The van der Waals surface area contributed by atoms with Crippen LogP contribution in [-0.2, 0) is 4.79 Å². The van der Waals surface area contributed by atoms with Gasteiger partial charge in [-0.15, -0.1) is 0 Å². The Morgan fingerprint density at radius 1 is 1.33 bits per heavy atom. The van der Waals surface area contributed by atoms with Crippen LogP contribution in [-0.4, -0.2) is 32.3 Å². The number of aliphatic carboxylic acids is 1. The monoisotopic (exact) mass is 349 g/mol. The maximum Gasteiger partial charge on any atom is 0.303 e. The van der Waals surface area contributed by atoms with E-state index in [1.165, 1.54) is 0 Å². The summed E-state index contributed by atoms with van der Waals surface area (Å²) < 4.78 is 1.64. The highest BCUT2D eigenvalue weighted by atomic mass is 35.5. The second-order valence-electron chi connectivity index (χ2n) is 6.29. The first kappa shape index (κ1) is 18.0. The fourth-order valence-electron chi connectivity index (χ4n) is 2.31. The maximum absolute atomic E-state index is 12.4. The van der Waals surface area contributed by atoms with E-state index in [0.29, 0.717) is 11.4 Å². The third-order valence-electron chi connectivity index (χ3n) is 3.59. The molecule has 0 saturated carbocycles. The number of aryl methyl sites for hydroxylation is 1. The van der Waals surface area contributed by atoms with Crippen molar-refractivity contribution in [3.8, 4) is 5.69 Å². The largest absolute Gasteiger partial charge is 0.481 e. The van der Waals surface area contributed by atoms with Crippen molar-refractivity contribution in [3.05, 3.63) is 46.7 Å². The summed E-state index contributed by atoms with van der Waals surface area (Å²) in [6.07, 6.45) is 0.325. The van der Waals surface area contributed by atoms with E-state index < -0.39 is 11.5 Å². The number of carboxylic acids is 1. The summed E-state index contributed by atoms with van der Waals surface area (Å²) in [5.41, 5.74) is 1.20. The van der Waals surface area contributed by atoms with Gasteiger partial charge in [-0.25, -0.2) is 4.68 Å². The van der Waals surface area contributed by atoms with E-state index in [0.717, 1.165) is 11.4 Å². The molecule has 0 saturated heterocycles. The van der Waals surface area contributed by atoms with Gasteiger partial charge in [0.15, 0.2) is 5.69 Å². The number of hydrogen-bond donors (Lipinski definition) is 2. The second-order valence-corrected chi connectivity index (χ2v) is 6.73. The van der Waals surface area contributed by atoms with Crippen molar-refractivity contribution in [1.82, 2.24) is 15.1 Å². The molecule has 2 aromatic rings. The number of hydrogen-bond acceptors (Lipinski definition) is 3. The van der Waals surface area contributed by atoms with Crippen molar-refractivity contribution >= 4 is 23.5 Å². The van der Waals surface area contributed by atoms with Crippen LogP contribution in [0.2, 0.25) is 5.02 Å². The Kier molecular flexibility index (Phi) is 5.29. The van der Waals surface area contributed by atoms with Crippen LogP contribution in [0.4, 0.5) is 0 Å². The quantitative estimate of drug-likeness (QED) is 0.838. The van der Waals surface area contributed by atoms with E-state index in [1.54, 1.807) is 36.7 Å². The van der Waals surface area contributed by atoms with Crippen LogP contribution < -0.4 is 5.32 Å². The Labute approximate surface area is 145 Å². The summed E-state index contributed by atoms with van der Waals surface area (Å²) in [7, 11) is 0. The first-order valence-corrected chi connectivity index (χ1v) is 7.93. The van der Waals surface area contributed by atoms with Gasteiger partial charge in [-0.3, -0.25) is 9.59 Å². The number of carbonyl (C=O) groups excluding carboxylic acids is 1. The summed E-state index contributed by atoms with van der Waals surface area (Å²) in [5, 5.41) is 16.5. The molecule has 0 atom stereocenters. The topological polar surface area (TPSA) is 84.2 Å². The lowest BCUT2D eigenvalue weighted by Gasteiger charge is -2.25. The summed E-state index contributed by atoms with van der Waals surface area (Å²) in [6, 6.07) is 8.88. The van der Waals surface area contributed by atoms with Gasteiger partial charge in [-0.1, -0.05) is 17.7 Å². The van der Waals surface area contributed by atoms with Crippen molar-refractivity contribution < 1.29 is 14.7 Å². The summed E-state index contributed by atoms with van der Waals surface area (Å²) in [5.74, 6) is -1.23. The van der Waals surface area contributed by atoms with Gasteiger partial charge in [0, 0.05) is 22.7 Å². The van der Waals surface area contributed by atoms with Gasteiger partial charge in [0.2, 0.25) is 0 Å². The molecule has 1 aromatic carbocycles. The van der Waals surface area contributed by atoms with Gasteiger partial charge in [0.1, 0.15) is 0 Å². The van der Waals surface area contributed by atoms with Gasteiger partial charge in [-0.05, 0) is 51.5 Å². The molecule has 2 rings (SSSR count). The molecule has 0 bridgehead atoms. The lowest BCUT2D eigenvalue weighted by molar-refractivity contribution is -0.137. The Morgan fingerprint density at radius 2 is 2.04 bits per heavy atom. The van der Waals surface area contributed by atoms with Crippen molar-refractivity contribution in [2.45, 2.75) is 39.2 Å². The van der Waals surface area contributed by atoms with Crippen LogP contribution in [0.15, 0.2) is 30.3 Å². The Morgan fingerprint density at radius 3 is 2.67 bits per heavy atom. The lowest BCUT2D eigenvalue weighted by atomic mass is 9.98. The number of benzene rings is 1. The zero-order valence-electron chi connectivity index (χ0n) is 13.8. The maximum atomic E-state index is 12.4. The molecule has 7 heteroatoms. The van der Waals surface area contributed by atoms with Crippen molar-refractivity contribution in [2.75, 3.05) is 0 Å². The van der Waals surface area contributed by atoms with Crippen LogP contribution in [0.3, 0.4) is 0 Å². The Hall–Kier alpha value is -2.34. The first-order valence-electron chi connectivity index (χ1n) is 7.55. The smallest absolute Gasteiger partial charge is 0.303 e. The number of halogens is 1. The van der Waals surface area contributed by atoms with Crippen LogP contribution in [0, 0.1) is 6.92 Å². The minimum absolute atomic E-state index is 0.0107. The minimum Gasteiger partial charge on any atom is -0.481 e. The van der Waals surface area contributed by atoms with Gasteiger partial charge < -0.3 is 10.4 Å². The van der Waals surface area contributed by atoms with Crippen molar-refractivity contribution in [2.24, 2.45) is 0 Å². The Bertz CT molecular complexity index is 768. The fourth-order valence-corrected chi connectivity index (χ4v) is 2.49. The van der Waals surface area contributed by atoms with Crippen LogP contribution in [0.5, 0.6) is 0 Å². The molecule has 1 heterocycles. The molecular weight excluding hydrogens is 330 g/mol. The Balaban J connectivity index is 2.17. The third-order valence-corrected chi connectivity index (χ3v) is 3.82. The molecule has 0 aliphatic rings. The lowest BCUT2D eigenvalue weighted by Crippen LogP contribution is -2.43. The second kappa shape index (κ2) is 7.05. The number of carbonyl (C=O) groups is 2. The molecule has 2 N–H and O–H groups in total. The number of amides is 1. The standard InChI is InChI=1S/C17H20ClN3O3/c1-11-9-14(16(24)19-17(2,3)8-7-15(22)23)20-21(11)13-6-4-5-12(18)10-13/h4-6,9-10H,7-8H2,1-3H3,(H,19,24)(H,22,23). The molecule has 0 aliphatic carbocycles. The number of rotatable bonds is 6. The van der Waals surface area contributed by atoms with Crippen molar-refractivity contribution in [1.29, 1.82) is 0 Å². The molecule has 0 fully saturated rings.